The van der Waals surface area contributed by atoms with E-state index in [4.69, 9.17) is 15.2 Å². The van der Waals surface area contributed by atoms with E-state index >= 15 is 0 Å². The molecular weight excluding hydrogens is 176 g/mol. The largest absolute Gasteiger partial charge is 0.345 e. The number of nitrogens with zero attached hydrogens (tertiary/aromatic N) is 1. The molecular formula is C7H10N2O2S. The summed E-state index contributed by atoms with van der Waals surface area (Å²) in [6.45, 7) is 1.09. The average Bonchev–Trinajstić information content (AvgIpc) is 2.75. The molecule has 1 aromatic rings. The predicted molar refractivity (Wildman–Crippen MR) is 44.7 cm³/mol. The van der Waals surface area contributed by atoms with Crippen molar-refractivity contribution in [1.29, 1.82) is 0 Å². The molecule has 2 unspecified atom stereocenters. The second-order valence-electron chi connectivity index (χ2n) is 2.56. The van der Waals surface area contributed by atoms with E-state index in [1.165, 1.54) is 11.3 Å². The highest BCUT2D eigenvalue weighted by Crippen LogP contribution is 2.28. The van der Waals surface area contributed by atoms with Crippen molar-refractivity contribution in [1.82, 2.24) is 4.98 Å². The standard InChI is InChI=1S/C7H10N2O2S/c8-1-5-3-10-7(11-5)6-2-9-4-12-6/h2,4-5,7H,1,3,8H2. The van der Waals surface area contributed by atoms with Crippen molar-refractivity contribution in [2.45, 2.75) is 12.4 Å². The molecule has 0 saturated carbocycles. The molecule has 2 atom stereocenters. The first-order valence-electron chi connectivity index (χ1n) is 3.75. The van der Waals surface area contributed by atoms with Gasteiger partial charge in [0.2, 0.25) is 0 Å². The summed E-state index contributed by atoms with van der Waals surface area (Å²) in [5.74, 6) is 0. The molecule has 0 bridgehead atoms. The van der Waals surface area contributed by atoms with E-state index in [1.807, 2.05) is 0 Å². The third-order valence-corrected chi connectivity index (χ3v) is 2.49. The maximum Gasteiger partial charge on any atom is 0.195 e. The van der Waals surface area contributed by atoms with Crippen molar-refractivity contribution in [2.75, 3.05) is 13.2 Å². The monoisotopic (exact) mass is 186 g/mol. The van der Waals surface area contributed by atoms with E-state index in [0.717, 1.165) is 4.88 Å². The Hall–Kier alpha value is -0.490. The van der Waals surface area contributed by atoms with Crippen LogP contribution in [0.1, 0.15) is 11.2 Å². The van der Waals surface area contributed by atoms with Crippen molar-refractivity contribution in [3.05, 3.63) is 16.6 Å². The van der Waals surface area contributed by atoms with Crippen LogP contribution in [-0.2, 0) is 9.47 Å². The normalized spacial score (nSPS) is 29.4. The number of aromatic nitrogens is 1. The van der Waals surface area contributed by atoms with Gasteiger partial charge in [0.25, 0.3) is 0 Å². The molecule has 1 fully saturated rings. The second-order valence-corrected chi connectivity index (χ2v) is 3.48. The van der Waals surface area contributed by atoms with E-state index in [9.17, 15) is 0 Å². The minimum absolute atomic E-state index is 0.0390. The van der Waals surface area contributed by atoms with E-state index in [2.05, 4.69) is 4.98 Å². The molecule has 12 heavy (non-hydrogen) atoms. The van der Waals surface area contributed by atoms with Crippen LogP contribution in [0.5, 0.6) is 0 Å². The van der Waals surface area contributed by atoms with Crippen molar-refractivity contribution in [3.8, 4) is 0 Å². The summed E-state index contributed by atoms with van der Waals surface area (Å²) < 4.78 is 10.8. The zero-order valence-electron chi connectivity index (χ0n) is 6.47. The Morgan fingerprint density at radius 3 is 3.25 bits per heavy atom. The van der Waals surface area contributed by atoms with Gasteiger partial charge in [0.05, 0.1) is 23.1 Å². The van der Waals surface area contributed by atoms with Gasteiger partial charge in [-0.3, -0.25) is 4.98 Å². The van der Waals surface area contributed by atoms with Crippen molar-refractivity contribution < 1.29 is 9.47 Å². The zero-order valence-corrected chi connectivity index (χ0v) is 7.29. The van der Waals surface area contributed by atoms with Gasteiger partial charge in [-0.05, 0) is 0 Å². The van der Waals surface area contributed by atoms with E-state index in [1.54, 1.807) is 11.7 Å². The fraction of sp³-hybridized carbons (Fsp3) is 0.571. The van der Waals surface area contributed by atoms with Crippen LogP contribution >= 0.6 is 11.3 Å². The first kappa shape index (κ1) is 8.12. The van der Waals surface area contributed by atoms with Crippen LogP contribution in [0.25, 0.3) is 0 Å². The average molecular weight is 186 g/mol. The Bertz CT molecular complexity index is 240. The van der Waals surface area contributed by atoms with E-state index in [0.29, 0.717) is 13.2 Å². The summed E-state index contributed by atoms with van der Waals surface area (Å²) in [6.07, 6.45) is 1.55. The van der Waals surface area contributed by atoms with Crippen molar-refractivity contribution in [3.63, 3.8) is 0 Å². The number of nitrogens with two attached hydrogens (primary N) is 1. The van der Waals surface area contributed by atoms with Crippen LogP contribution in [0.15, 0.2) is 11.7 Å². The topological polar surface area (TPSA) is 57.4 Å². The second kappa shape index (κ2) is 3.49. The highest BCUT2D eigenvalue weighted by molar-refractivity contribution is 7.09. The maximum atomic E-state index is 5.48. The third-order valence-electron chi connectivity index (χ3n) is 1.70. The SMILES string of the molecule is NCC1COC(c2cncs2)O1. The van der Waals surface area contributed by atoms with Gasteiger partial charge in [-0.15, -0.1) is 11.3 Å². The number of hydrogen-bond acceptors (Lipinski definition) is 5. The van der Waals surface area contributed by atoms with Gasteiger partial charge in [0.1, 0.15) is 0 Å². The first-order chi connectivity index (χ1) is 5.90. The van der Waals surface area contributed by atoms with Gasteiger partial charge in [-0.1, -0.05) is 0 Å². The van der Waals surface area contributed by atoms with Crippen molar-refractivity contribution in [2.24, 2.45) is 5.73 Å². The molecule has 2 heterocycles. The first-order valence-corrected chi connectivity index (χ1v) is 4.63. The molecule has 1 aromatic heterocycles. The summed E-state index contributed by atoms with van der Waals surface area (Å²) in [5, 5.41) is 0. The summed E-state index contributed by atoms with van der Waals surface area (Å²) in [5.41, 5.74) is 7.19. The smallest absolute Gasteiger partial charge is 0.195 e. The Morgan fingerprint density at radius 1 is 1.75 bits per heavy atom. The maximum absolute atomic E-state index is 5.48. The molecule has 0 amide bonds. The van der Waals surface area contributed by atoms with Crippen LogP contribution in [-0.4, -0.2) is 24.2 Å². The van der Waals surface area contributed by atoms with Gasteiger partial charge in [-0.2, -0.15) is 0 Å². The molecule has 5 heteroatoms. The van der Waals surface area contributed by atoms with Gasteiger partial charge in [0, 0.05) is 12.7 Å². The Morgan fingerprint density at radius 2 is 2.67 bits per heavy atom. The van der Waals surface area contributed by atoms with E-state index in [-0.39, 0.29) is 12.4 Å². The number of hydrogen-bond donors (Lipinski definition) is 1. The molecule has 66 valence electrons. The zero-order chi connectivity index (χ0) is 8.39. The molecule has 0 spiro atoms. The van der Waals surface area contributed by atoms with Gasteiger partial charge >= 0.3 is 0 Å². The lowest BCUT2D eigenvalue weighted by Gasteiger charge is -2.06. The van der Waals surface area contributed by atoms with Crippen LogP contribution in [0, 0.1) is 0 Å². The number of ether oxygens (including phenoxy) is 2. The predicted octanol–water partition coefficient (Wildman–Crippen LogP) is 0.516. The highest BCUT2D eigenvalue weighted by atomic mass is 32.1. The van der Waals surface area contributed by atoms with E-state index < -0.39 is 0 Å². The Balaban J connectivity index is 2.00. The summed E-state index contributed by atoms with van der Waals surface area (Å²) in [6, 6.07) is 0. The van der Waals surface area contributed by atoms with Crippen molar-refractivity contribution >= 4 is 11.3 Å². The summed E-state index contributed by atoms with van der Waals surface area (Å²) in [7, 11) is 0. The lowest BCUT2D eigenvalue weighted by Crippen LogP contribution is -2.21. The molecule has 0 radical (unpaired) electrons. The fourth-order valence-electron chi connectivity index (χ4n) is 1.06. The van der Waals surface area contributed by atoms with Crippen LogP contribution < -0.4 is 5.73 Å². The van der Waals surface area contributed by atoms with Crippen LogP contribution in [0.2, 0.25) is 0 Å². The van der Waals surface area contributed by atoms with Crippen LogP contribution in [0.3, 0.4) is 0 Å². The van der Waals surface area contributed by atoms with Gasteiger partial charge in [0.15, 0.2) is 6.29 Å². The minimum atomic E-state index is -0.244. The van der Waals surface area contributed by atoms with Gasteiger partial charge < -0.3 is 15.2 Å². The number of rotatable bonds is 2. The minimum Gasteiger partial charge on any atom is -0.345 e. The molecule has 1 saturated heterocycles. The molecule has 0 aromatic carbocycles. The summed E-state index contributed by atoms with van der Waals surface area (Å²) >= 11 is 1.53. The lowest BCUT2D eigenvalue weighted by molar-refractivity contribution is -0.0560. The molecule has 2 rings (SSSR count). The fourth-order valence-corrected chi connectivity index (χ4v) is 1.66. The van der Waals surface area contributed by atoms with Crippen LogP contribution in [0.4, 0.5) is 0 Å². The highest BCUT2D eigenvalue weighted by Gasteiger charge is 2.26. The molecule has 1 aliphatic rings. The molecule has 4 nitrogen and oxygen atoms in total. The molecule has 1 aliphatic heterocycles. The molecule has 0 aliphatic carbocycles. The third kappa shape index (κ3) is 1.49. The lowest BCUT2D eigenvalue weighted by atomic mass is 10.4. The number of thiazole rings is 1. The Kier molecular flexibility index (Phi) is 2.36. The summed E-state index contributed by atoms with van der Waals surface area (Å²) in [4.78, 5) is 4.95. The molecule has 2 N–H and O–H groups in total. The quantitative estimate of drug-likeness (QED) is 0.731. The van der Waals surface area contributed by atoms with Gasteiger partial charge in [-0.25, -0.2) is 0 Å². The Labute approximate surface area is 74.3 Å².